The molecule has 0 spiro atoms. The molecule has 0 aromatic heterocycles. The highest BCUT2D eigenvalue weighted by Crippen LogP contribution is 2.31. The number of nitrogens with zero attached hydrogens (tertiary/aromatic N) is 3. The number of aliphatic imine (C=N–C) groups is 1. The topological polar surface area (TPSA) is 35.9 Å². The first-order valence-corrected chi connectivity index (χ1v) is 10.3. The molecule has 0 saturated carbocycles. The Kier molecular flexibility index (Phi) is 5.48. The van der Waals surface area contributed by atoms with Crippen molar-refractivity contribution in [3.63, 3.8) is 0 Å². The van der Waals surface area contributed by atoms with E-state index in [0.29, 0.717) is 4.91 Å². The van der Waals surface area contributed by atoms with Gasteiger partial charge in [-0.25, -0.2) is 4.39 Å². The molecule has 2 aromatic carbocycles. The fourth-order valence-corrected chi connectivity index (χ4v) is 4.31. The second kappa shape index (κ2) is 8.19. The fraction of sp³-hybridized carbons (Fsp3) is 0.273. The number of piperazine rings is 1. The molecule has 1 fully saturated rings. The van der Waals surface area contributed by atoms with Gasteiger partial charge in [0.15, 0.2) is 5.17 Å². The van der Waals surface area contributed by atoms with E-state index < -0.39 is 0 Å². The summed E-state index contributed by atoms with van der Waals surface area (Å²) in [6, 6.07) is 14.9. The summed E-state index contributed by atoms with van der Waals surface area (Å²) in [6.45, 7) is 5.33. The Hall–Kier alpha value is -2.60. The highest BCUT2D eigenvalue weighted by Gasteiger charge is 2.28. The van der Waals surface area contributed by atoms with Crippen molar-refractivity contribution >= 4 is 34.6 Å². The van der Waals surface area contributed by atoms with Crippen LogP contribution in [0, 0.1) is 5.82 Å². The van der Waals surface area contributed by atoms with Gasteiger partial charge in [-0.15, -0.1) is 0 Å². The summed E-state index contributed by atoms with van der Waals surface area (Å²) in [7, 11) is 0. The SMILES string of the molecule is CCc1ccc(/C=C2\SC(N3CCN(c4ccc(F)cc4)CC3)=NC2=O)cc1. The molecular formula is C22H22FN3OS. The smallest absolute Gasteiger partial charge is 0.286 e. The Balaban J connectivity index is 1.38. The van der Waals surface area contributed by atoms with Crippen LogP contribution in [0.2, 0.25) is 0 Å². The van der Waals surface area contributed by atoms with Gasteiger partial charge >= 0.3 is 0 Å². The Morgan fingerprint density at radius 3 is 2.29 bits per heavy atom. The van der Waals surface area contributed by atoms with Crippen LogP contribution in [0.15, 0.2) is 58.4 Å². The van der Waals surface area contributed by atoms with Crippen molar-refractivity contribution in [2.24, 2.45) is 4.99 Å². The van der Waals surface area contributed by atoms with E-state index in [-0.39, 0.29) is 11.7 Å². The molecule has 4 nitrogen and oxygen atoms in total. The minimum atomic E-state index is -0.221. The molecule has 0 atom stereocenters. The molecule has 4 rings (SSSR count). The zero-order chi connectivity index (χ0) is 19.5. The number of carbonyl (C=O) groups excluding carboxylic acids is 1. The minimum absolute atomic E-state index is 0.166. The van der Waals surface area contributed by atoms with Crippen molar-refractivity contribution in [3.05, 3.63) is 70.4 Å². The predicted octanol–water partition coefficient (Wildman–Crippen LogP) is 4.18. The number of carbonyl (C=O) groups is 1. The lowest BCUT2D eigenvalue weighted by Gasteiger charge is -2.36. The van der Waals surface area contributed by atoms with E-state index >= 15 is 0 Å². The van der Waals surface area contributed by atoms with Crippen molar-refractivity contribution in [2.75, 3.05) is 31.1 Å². The van der Waals surface area contributed by atoms with Crippen LogP contribution < -0.4 is 4.90 Å². The third-order valence-corrected chi connectivity index (χ3v) is 6.08. The van der Waals surface area contributed by atoms with Crippen LogP contribution in [0.4, 0.5) is 10.1 Å². The number of amides is 1. The van der Waals surface area contributed by atoms with Gasteiger partial charge in [0.05, 0.1) is 4.91 Å². The third-order valence-electron chi connectivity index (χ3n) is 5.04. The van der Waals surface area contributed by atoms with E-state index in [9.17, 15) is 9.18 Å². The number of halogens is 1. The molecule has 1 amide bonds. The van der Waals surface area contributed by atoms with Crippen LogP contribution in [-0.4, -0.2) is 42.2 Å². The first-order chi connectivity index (χ1) is 13.6. The maximum atomic E-state index is 13.1. The lowest BCUT2D eigenvalue weighted by molar-refractivity contribution is -0.113. The largest absolute Gasteiger partial charge is 0.368 e. The quantitative estimate of drug-likeness (QED) is 0.731. The lowest BCUT2D eigenvalue weighted by Crippen LogP contribution is -2.47. The van der Waals surface area contributed by atoms with E-state index in [2.05, 4.69) is 33.8 Å². The number of rotatable bonds is 3. The second-order valence-electron chi connectivity index (χ2n) is 6.86. The van der Waals surface area contributed by atoms with Gasteiger partial charge in [-0.3, -0.25) is 4.79 Å². The van der Waals surface area contributed by atoms with Crippen molar-refractivity contribution in [3.8, 4) is 0 Å². The molecule has 28 heavy (non-hydrogen) atoms. The van der Waals surface area contributed by atoms with Crippen LogP contribution in [0.5, 0.6) is 0 Å². The molecule has 0 bridgehead atoms. The molecule has 6 heteroatoms. The Bertz CT molecular complexity index is 914. The fourth-order valence-electron chi connectivity index (χ4n) is 3.34. The predicted molar refractivity (Wildman–Crippen MR) is 114 cm³/mol. The molecule has 1 saturated heterocycles. The molecule has 0 radical (unpaired) electrons. The van der Waals surface area contributed by atoms with Gasteiger partial charge in [-0.2, -0.15) is 4.99 Å². The van der Waals surface area contributed by atoms with Gasteiger partial charge in [-0.05, 0) is 59.7 Å². The minimum Gasteiger partial charge on any atom is -0.368 e. The first kappa shape index (κ1) is 18.7. The van der Waals surface area contributed by atoms with Gasteiger partial charge in [0.2, 0.25) is 0 Å². The normalized spacial score (nSPS) is 18.7. The van der Waals surface area contributed by atoms with E-state index in [0.717, 1.165) is 49.0 Å². The van der Waals surface area contributed by atoms with Crippen molar-refractivity contribution in [1.29, 1.82) is 0 Å². The van der Waals surface area contributed by atoms with Gasteiger partial charge < -0.3 is 9.80 Å². The molecule has 0 N–H and O–H groups in total. The zero-order valence-electron chi connectivity index (χ0n) is 15.8. The number of benzene rings is 2. The van der Waals surface area contributed by atoms with Crippen LogP contribution >= 0.6 is 11.8 Å². The summed E-state index contributed by atoms with van der Waals surface area (Å²) >= 11 is 1.45. The summed E-state index contributed by atoms with van der Waals surface area (Å²) in [5.41, 5.74) is 3.32. The monoisotopic (exact) mass is 395 g/mol. The van der Waals surface area contributed by atoms with Crippen molar-refractivity contribution < 1.29 is 9.18 Å². The number of hydrogen-bond donors (Lipinski definition) is 0. The molecule has 2 aliphatic heterocycles. The number of hydrogen-bond acceptors (Lipinski definition) is 4. The zero-order valence-corrected chi connectivity index (χ0v) is 16.6. The summed E-state index contributed by atoms with van der Waals surface area (Å²) in [5, 5.41) is 0.778. The highest BCUT2D eigenvalue weighted by atomic mass is 32.2. The van der Waals surface area contributed by atoms with E-state index in [1.165, 1.54) is 29.5 Å². The molecular weight excluding hydrogens is 373 g/mol. The number of anilines is 1. The molecule has 0 unspecified atom stereocenters. The Morgan fingerprint density at radius 1 is 1.00 bits per heavy atom. The van der Waals surface area contributed by atoms with Gasteiger partial charge in [0.25, 0.3) is 5.91 Å². The van der Waals surface area contributed by atoms with E-state index in [4.69, 9.17) is 0 Å². The summed E-state index contributed by atoms with van der Waals surface area (Å²) in [6.07, 6.45) is 2.92. The van der Waals surface area contributed by atoms with Crippen LogP contribution in [0.25, 0.3) is 6.08 Å². The van der Waals surface area contributed by atoms with E-state index in [1.54, 1.807) is 12.1 Å². The van der Waals surface area contributed by atoms with Crippen LogP contribution in [0.1, 0.15) is 18.1 Å². The molecule has 0 aliphatic carbocycles. The van der Waals surface area contributed by atoms with Gasteiger partial charge in [0, 0.05) is 31.9 Å². The lowest BCUT2D eigenvalue weighted by atomic mass is 10.1. The summed E-state index contributed by atoms with van der Waals surface area (Å²) in [5.74, 6) is -0.387. The summed E-state index contributed by atoms with van der Waals surface area (Å²) < 4.78 is 13.1. The van der Waals surface area contributed by atoms with Gasteiger partial charge in [0.1, 0.15) is 5.82 Å². The van der Waals surface area contributed by atoms with E-state index in [1.807, 2.05) is 18.2 Å². The summed E-state index contributed by atoms with van der Waals surface area (Å²) in [4.78, 5) is 21.6. The molecule has 144 valence electrons. The Labute approximate surface area is 168 Å². The maximum absolute atomic E-state index is 13.1. The third kappa shape index (κ3) is 4.12. The van der Waals surface area contributed by atoms with Crippen LogP contribution in [0.3, 0.4) is 0 Å². The van der Waals surface area contributed by atoms with Crippen molar-refractivity contribution in [1.82, 2.24) is 4.90 Å². The standard InChI is InChI=1S/C22H22FN3OS/c1-2-16-3-5-17(6-4-16)15-20-21(27)24-22(28-20)26-13-11-25(12-14-26)19-9-7-18(23)8-10-19/h3-10,15H,2,11-14H2,1H3/b20-15-. The molecule has 2 aromatic rings. The number of thioether (sulfide) groups is 1. The Morgan fingerprint density at radius 2 is 1.64 bits per heavy atom. The first-order valence-electron chi connectivity index (χ1n) is 9.49. The second-order valence-corrected chi connectivity index (χ2v) is 7.86. The molecule has 2 heterocycles. The average molecular weight is 396 g/mol. The highest BCUT2D eigenvalue weighted by molar-refractivity contribution is 8.18. The van der Waals surface area contributed by atoms with Crippen molar-refractivity contribution in [2.45, 2.75) is 13.3 Å². The maximum Gasteiger partial charge on any atom is 0.286 e. The average Bonchev–Trinajstić information content (AvgIpc) is 3.09. The number of aryl methyl sites for hydroxylation is 1. The molecule has 2 aliphatic rings. The van der Waals surface area contributed by atoms with Gasteiger partial charge in [-0.1, -0.05) is 31.2 Å². The van der Waals surface area contributed by atoms with Crippen LogP contribution in [-0.2, 0) is 11.2 Å². The number of amidine groups is 1.